The quantitative estimate of drug-likeness (QED) is 0.749. The summed E-state index contributed by atoms with van der Waals surface area (Å²) >= 11 is 5.79. The number of fused-ring (bicyclic) bond motifs is 1. The molecule has 0 radical (unpaired) electrons. The molecule has 0 bridgehead atoms. The largest absolute Gasteiger partial charge is 0.480 e. The molecule has 0 aliphatic heterocycles. The number of aromatic nitrogens is 2. The zero-order chi connectivity index (χ0) is 18.4. The first kappa shape index (κ1) is 17.4. The summed E-state index contributed by atoms with van der Waals surface area (Å²) in [6.45, 7) is 0.975. The van der Waals surface area contributed by atoms with Gasteiger partial charge in [-0.2, -0.15) is 0 Å². The van der Waals surface area contributed by atoms with Crippen LogP contribution in [0, 0.1) is 12.7 Å². The smallest absolute Gasteiger partial charge is 0.323 e. The summed E-state index contributed by atoms with van der Waals surface area (Å²) in [5.41, 5.74) is 0.263. The number of hydrogen-bond donors (Lipinski definition) is 1. The van der Waals surface area contributed by atoms with Gasteiger partial charge in [-0.3, -0.25) is 4.79 Å². The maximum absolute atomic E-state index is 13.7. The predicted molar refractivity (Wildman–Crippen MR) is 89.0 cm³/mol. The van der Waals surface area contributed by atoms with Crippen molar-refractivity contribution in [2.75, 3.05) is 0 Å². The minimum atomic E-state index is -4.02. The van der Waals surface area contributed by atoms with Crippen LogP contribution in [0.2, 0.25) is 5.02 Å². The van der Waals surface area contributed by atoms with Crippen molar-refractivity contribution >= 4 is 38.4 Å². The van der Waals surface area contributed by atoms with Crippen LogP contribution >= 0.6 is 11.6 Å². The molecular formula is C16H12ClFN2O4S. The molecule has 3 aromatic rings. The second-order valence-corrected chi connectivity index (χ2v) is 7.70. The lowest BCUT2D eigenvalue weighted by molar-refractivity contribution is -0.137. The van der Waals surface area contributed by atoms with E-state index in [-0.39, 0.29) is 26.5 Å². The number of carboxylic acids is 1. The summed E-state index contributed by atoms with van der Waals surface area (Å²) in [6, 6.07) is 6.57. The van der Waals surface area contributed by atoms with Crippen LogP contribution in [0.4, 0.5) is 4.39 Å². The Morgan fingerprint density at radius 3 is 2.56 bits per heavy atom. The molecule has 3 rings (SSSR count). The lowest BCUT2D eigenvalue weighted by Gasteiger charge is -2.07. The van der Waals surface area contributed by atoms with Crippen LogP contribution < -0.4 is 0 Å². The Bertz CT molecular complexity index is 1090. The summed E-state index contributed by atoms with van der Waals surface area (Å²) in [4.78, 5) is 14.8. The number of benzene rings is 1. The molecule has 1 aromatic carbocycles. The molecule has 0 amide bonds. The highest BCUT2D eigenvalue weighted by atomic mass is 35.5. The third kappa shape index (κ3) is 2.98. The van der Waals surface area contributed by atoms with Crippen LogP contribution in [0.3, 0.4) is 0 Å². The van der Waals surface area contributed by atoms with E-state index in [1.165, 1.54) is 35.8 Å². The Labute approximate surface area is 147 Å². The van der Waals surface area contributed by atoms with E-state index in [0.717, 1.165) is 12.3 Å². The van der Waals surface area contributed by atoms with E-state index >= 15 is 0 Å². The van der Waals surface area contributed by atoms with E-state index in [4.69, 9.17) is 16.7 Å². The molecule has 0 atom stereocenters. The minimum Gasteiger partial charge on any atom is -0.480 e. The summed E-state index contributed by atoms with van der Waals surface area (Å²) in [6.07, 6.45) is 0.915. The molecule has 130 valence electrons. The minimum absolute atomic E-state index is 0.0290. The van der Waals surface area contributed by atoms with Gasteiger partial charge >= 0.3 is 5.97 Å². The fraction of sp³-hybridized carbons (Fsp3) is 0.125. The summed E-state index contributed by atoms with van der Waals surface area (Å²) in [5.74, 6) is -1.88. The van der Waals surface area contributed by atoms with Gasteiger partial charge < -0.3 is 9.67 Å². The number of halogens is 2. The maximum atomic E-state index is 13.7. The van der Waals surface area contributed by atoms with Crippen LogP contribution in [0.5, 0.6) is 0 Å². The van der Waals surface area contributed by atoms with Gasteiger partial charge in [0.05, 0.1) is 11.1 Å². The van der Waals surface area contributed by atoms with Crippen molar-refractivity contribution in [2.24, 2.45) is 0 Å². The van der Waals surface area contributed by atoms with Crippen molar-refractivity contribution in [3.05, 3.63) is 53.1 Å². The Kier molecular flexibility index (Phi) is 4.26. The molecule has 0 aliphatic carbocycles. The normalized spacial score (nSPS) is 11.8. The Morgan fingerprint density at radius 2 is 1.96 bits per heavy atom. The molecule has 0 fully saturated rings. The standard InChI is InChI=1S/C16H12ClFN2O4S/c1-9-15(25(23,24)12-4-2-10(17)3-5-12)13-6-11(18)7-19-16(13)20(9)8-14(21)22/h2-7H,8H2,1H3,(H,21,22). The van der Waals surface area contributed by atoms with Crippen LogP contribution in [-0.4, -0.2) is 29.0 Å². The Hall–Kier alpha value is -2.45. The second-order valence-electron chi connectivity index (χ2n) is 5.38. The zero-order valence-corrected chi connectivity index (χ0v) is 14.5. The predicted octanol–water partition coefficient (Wildman–Crippen LogP) is 3.05. The molecule has 1 N–H and O–H groups in total. The summed E-state index contributed by atoms with van der Waals surface area (Å²) in [7, 11) is -4.02. The van der Waals surface area contributed by atoms with Crippen molar-refractivity contribution in [3.63, 3.8) is 0 Å². The third-order valence-electron chi connectivity index (χ3n) is 3.75. The van der Waals surface area contributed by atoms with Gasteiger partial charge in [0.1, 0.15) is 22.9 Å². The van der Waals surface area contributed by atoms with E-state index in [1.807, 2.05) is 0 Å². The lowest BCUT2D eigenvalue weighted by Crippen LogP contribution is -2.11. The molecule has 2 heterocycles. The topological polar surface area (TPSA) is 89.3 Å². The van der Waals surface area contributed by atoms with Crippen LogP contribution in [0.25, 0.3) is 11.0 Å². The van der Waals surface area contributed by atoms with Gasteiger partial charge in [0, 0.05) is 16.1 Å². The monoisotopic (exact) mass is 382 g/mol. The number of sulfone groups is 1. The number of aliphatic carboxylic acids is 1. The number of rotatable bonds is 4. The fourth-order valence-electron chi connectivity index (χ4n) is 2.69. The SMILES string of the molecule is Cc1c(S(=O)(=O)c2ccc(Cl)cc2)c2cc(F)cnc2n1CC(=O)O. The molecule has 2 aromatic heterocycles. The van der Waals surface area contributed by atoms with Crippen LogP contribution in [-0.2, 0) is 21.2 Å². The highest BCUT2D eigenvalue weighted by Crippen LogP contribution is 2.33. The number of carbonyl (C=O) groups is 1. The van der Waals surface area contributed by atoms with Crippen LogP contribution in [0.15, 0.2) is 46.3 Å². The highest BCUT2D eigenvalue weighted by molar-refractivity contribution is 7.91. The first-order valence-corrected chi connectivity index (χ1v) is 8.94. The molecule has 0 unspecified atom stereocenters. The average molecular weight is 383 g/mol. The van der Waals surface area contributed by atoms with Crippen molar-refractivity contribution in [1.82, 2.24) is 9.55 Å². The average Bonchev–Trinajstić information content (AvgIpc) is 2.79. The molecule has 9 heteroatoms. The number of nitrogens with zero attached hydrogens (tertiary/aromatic N) is 2. The fourth-order valence-corrected chi connectivity index (χ4v) is 4.49. The van der Waals surface area contributed by atoms with Crippen molar-refractivity contribution in [2.45, 2.75) is 23.3 Å². The molecule has 0 spiro atoms. The van der Waals surface area contributed by atoms with Gasteiger partial charge in [-0.25, -0.2) is 17.8 Å². The molecule has 0 saturated heterocycles. The molecule has 0 saturated carbocycles. The van der Waals surface area contributed by atoms with Gasteiger partial charge in [-0.1, -0.05) is 11.6 Å². The number of hydrogen-bond acceptors (Lipinski definition) is 4. The van der Waals surface area contributed by atoms with E-state index < -0.39 is 28.2 Å². The summed E-state index contributed by atoms with van der Waals surface area (Å²) in [5, 5.41) is 9.49. The van der Waals surface area contributed by atoms with Gasteiger partial charge in [0.2, 0.25) is 9.84 Å². The van der Waals surface area contributed by atoms with E-state index in [9.17, 15) is 17.6 Å². The second kappa shape index (κ2) is 6.12. The maximum Gasteiger partial charge on any atom is 0.323 e. The molecular weight excluding hydrogens is 371 g/mol. The molecule has 6 nitrogen and oxygen atoms in total. The van der Waals surface area contributed by atoms with Crippen molar-refractivity contribution in [1.29, 1.82) is 0 Å². The van der Waals surface area contributed by atoms with E-state index in [2.05, 4.69) is 4.98 Å². The number of carboxylic acid groups (broad SMARTS) is 1. The Balaban J connectivity index is 2.35. The Morgan fingerprint density at radius 1 is 1.32 bits per heavy atom. The van der Waals surface area contributed by atoms with E-state index in [1.54, 1.807) is 0 Å². The van der Waals surface area contributed by atoms with Crippen molar-refractivity contribution in [3.8, 4) is 0 Å². The third-order valence-corrected chi connectivity index (χ3v) is 5.95. The first-order chi connectivity index (χ1) is 11.7. The molecule has 25 heavy (non-hydrogen) atoms. The lowest BCUT2D eigenvalue weighted by atomic mass is 10.3. The van der Waals surface area contributed by atoms with Gasteiger partial charge in [0.25, 0.3) is 0 Å². The summed E-state index contributed by atoms with van der Waals surface area (Å²) < 4.78 is 41.0. The molecule has 0 aliphatic rings. The van der Waals surface area contributed by atoms with E-state index in [0.29, 0.717) is 5.02 Å². The zero-order valence-electron chi connectivity index (χ0n) is 12.9. The highest BCUT2D eigenvalue weighted by Gasteiger charge is 2.28. The number of pyridine rings is 1. The van der Waals surface area contributed by atoms with Gasteiger partial charge in [-0.15, -0.1) is 0 Å². The van der Waals surface area contributed by atoms with Gasteiger partial charge in [-0.05, 0) is 37.3 Å². The first-order valence-electron chi connectivity index (χ1n) is 7.08. The van der Waals surface area contributed by atoms with Gasteiger partial charge in [0.15, 0.2) is 0 Å². The van der Waals surface area contributed by atoms with Crippen LogP contribution in [0.1, 0.15) is 5.69 Å². The van der Waals surface area contributed by atoms with Crippen molar-refractivity contribution < 1.29 is 22.7 Å².